The highest BCUT2D eigenvalue weighted by molar-refractivity contribution is 9.23. The average Bonchev–Trinajstić information content (AvgIpc) is 2.03. The minimum atomic E-state index is -1.43. The van der Waals surface area contributed by atoms with Crippen LogP contribution in [-0.4, -0.2) is 26.5 Å². The van der Waals surface area contributed by atoms with E-state index in [1.165, 1.54) is 3.69 Å². The van der Waals surface area contributed by atoms with Crippen molar-refractivity contribution in [1.82, 2.24) is 0 Å². The lowest BCUT2D eigenvalue weighted by atomic mass is 10.3. The van der Waals surface area contributed by atoms with Crippen LogP contribution in [-0.2, 0) is 0 Å². The standard InChI is InChI=1S/C9H13OSi.BrH.Mg/c1-11(2,3)10-9-7-5-4-6-8-9;;/h5-8H,1-3H3;1H;/q;;+1/p-1. The first-order chi connectivity index (χ1) is 6.01. The molecule has 0 unspecified atom stereocenters. The normalized spacial score (nSPS) is 10.8. The van der Waals surface area contributed by atoms with E-state index in [0.29, 0.717) is 0 Å². The molecule has 0 saturated heterocycles. The number of hydrogen-bond donors (Lipinski definition) is 0. The zero-order valence-corrected chi connectivity index (χ0v) is 12.3. The van der Waals surface area contributed by atoms with Crippen molar-refractivity contribution in [3.8, 4) is 5.75 Å². The van der Waals surface area contributed by atoms with Crippen molar-refractivity contribution in [3.63, 3.8) is 0 Å². The largest absolute Gasteiger partial charge is 0.544 e. The van der Waals surface area contributed by atoms with E-state index in [4.69, 9.17) is 4.43 Å². The molecule has 0 bridgehead atoms. The van der Waals surface area contributed by atoms with Crippen LogP contribution < -0.4 is 8.12 Å². The predicted molar refractivity (Wildman–Crippen MR) is 64.7 cm³/mol. The van der Waals surface area contributed by atoms with Crippen LogP contribution in [0.1, 0.15) is 0 Å². The van der Waals surface area contributed by atoms with Gasteiger partial charge in [0.25, 0.3) is 0 Å². The van der Waals surface area contributed by atoms with E-state index in [1.54, 1.807) is 0 Å². The van der Waals surface area contributed by atoms with Crippen LogP contribution in [0, 0.1) is 0 Å². The van der Waals surface area contributed by atoms with E-state index >= 15 is 0 Å². The molecule has 0 heterocycles. The molecular formula is C9H13BrMgOSi. The quantitative estimate of drug-likeness (QED) is 0.766. The molecule has 0 aliphatic heterocycles. The van der Waals surface area contributed by atoms with Gasteiger partial charge in [-0.1, -0.05) is 12.1 Å². The van der Waals surface area contributed by atoms with E-state index in [-0.39, 0.29) is 18.2 Å². The average molecular weight is 269 g/mol. The summed E-state index contributed by atoms with van der Waals surface area (Å²) in [4.78, 5) is 0. The molecular weight excluding hydrogens is 256 g/mol. The molecule has 4 heteroatoms. The molecule has 0 N–H and O–H groups in total. The van der Waals surface area contributed by atoms with Crippen LogP contribution in [0.3, 0.4) is 0 Å². The Labute approximate surface area is 96.6 Å². The van der Waals surface area contributed by atoms with Crippen LogP contribution in [0.5, 0.6) is 5.75 Å². The van der Waals surface area contributed by atoms with Crippen molar-refractivity contribution < 1.29 is 4.43 Å². The Balaban J connectivity index is 2.70. The topological polar surface area (TPSA) is 9.23 Å². The summed E-state index contributed by atoms with van der Waals surface area (Å²) in [5.41, 5.74) is 0. The van der Waals surface area contributed by atoms with Gasteiger partial charge < -0.3 is 4.43 Å². The minimum absolute atomic E-state index is 0.198. The number of hydrogen-bond acceptors (Lipinski definition) is 1. The first-order valence-electron chi connectivity index (χ1n) is 4.35. The Morgan fingerprint density at radius 2 is 1.69 bits per heavy atom. The van der Waals surface area contributed by atoms with Gasteiger partial charge in [-0.2, -0.15) is 3.69 Å². The first kappa shape index (κ1) is 11.6. The predicted octanol–water partition coefficient (Wildman–Crippen LogP) is 2.54. The number of halogens is 1. The van der Waals surface area contributed by atoms with Crippen LogP contribution in [0.15, 0.2) is 24.3 Å². The zero-order valence-electron chi connectivity index (χ0n) is 8.30. The Hall–Kier alpha value is 0.483. The summed E-state index contributed by atoms with van der Waals surface area (Å²) in [5.74, 6) is 1.01. The number of benzene rings is 1. The van der Waals surface area contributed by atoms with Gasteiger partial charge in [-0.25, -0.2) is 0 Å². The lowest BCUT2D eigenvalue weighted by molar-refractivity contribution is 0.558. The third kappa shape index (κ3) is 4.49. The van der Waals surface area contributed by atoms with E-state index in [1.807, 2.05) is 0 Å². The molecule has 1 nitrogen and oxygen atoms in total. The summed E-state index contributed by atoms with van der Waals surface area (Å²) in [7, 11) is -1.43. The fraction of sp³-hybridized carbons (Fsp3) is 0.333. The van der Waals surface area contributed by atoms with Gasteiger partial charge in [0.15, 0.2) is 0 Å². The van der Waals surface area contributed by atoms with E-state index in [0.717, 1.165) is 5.75 Å². The fourth-order valence-corrected chi connectivity index (χ4v) is 3.38. The van der Waals surface area contributed by atoms with Crippen molar-refractivity contribution >= 4 is 43.1 Å². The molecule has 68 valence electrons. The molecule has 0 amide bonds. The molecule has 1 aromatic rings. The lowest BCUT2D eigenvalue weighted by Crippen LogP contribution is -2.29. The second kappa shape index (κ2) is 4.82. The van der Waals surface area contributed by atoms with Crippen molar-refractivity contribution in [3.05, 3.63) is 24.3 Å². The second-order valence-electron chi connectivity index (χ2n) is 3.99. The monoisotopic (exact) mass is 268 g/mol. The second-order valence-corrected chi connectivity index (χ2v) is 11.2. The molecule has 0 spiro atoms. The van der Waals surface area contributed by atoms with E-state index in [9.17, 15) is 0 Å². The minimum Gasteiger partial charge on any atom is -0.544 e. The zero-order chi connectivity index (χ0) is 9.90. The maximum Gasteiger partial charge on any atom is 0.506 e. The van der Waals surface area contributed by atoms with Gasteiger partial charge in [0.2, 0.25) is 8.32 Å². The smallest absolute Gasteiger partial charge is 0.506 e. The molecule has 0 radical (unpaired) electrons. The van der Waals surface area contributed by atoms with Gasteiger partial charge in [-0.15, -0.1) is 0 Å². The molecule has 13 heavy (non-hydrogen) atoms. The fourth-order valence-electron chi connectivity index (χ4n) is 1.00. The highest BCUT2D eigenvalue weighted by Gasteiger charge is 2.15. The highest BCUT2D eigenvalue weighted by Crippen LogP contribution is 2.13. The molecule has 0 fully saturated rings. The molecule has 0 atom stereocenters. The Morgan fingerprint density at radius 3 is 2.08 bits per heavy atom. The summed E-state index contributed by atoms with van der Waals surface area (Å²) in [6.45, 7) is 6.58. The number of rotatable bonds is 3. The van der Waals surface area contributed by atoms with Crippen LogP contribution in [0.2, 0.25) is 19.6 Å². The molecule has 1 rings (SSSR count). The summed E-state index contributed by atoms with van der Waals surface area (Å²) in [6.07, 6.45) is 0. The van der Waals surface area contributed by atoms with Gasteiger partial charge in [-0.05, 0) is 31.8 Å². The molecule has 0 saturated carbocycles. The van der Waals surface area contributed by atoms with Crippen molar-refractivity contribution in [2.75, 3.05) is 0 Å². The van der Waals surface area contributed by atoms with Crippen LogP contribution >= 0.6 is 12.9 Å². The Morgan fingerprint density at radius 1 is 1.15 bits per heavy atom. The third-order valence-corrected chi connectivity index (χ3v) is 5.07. The summed E-state index contributed by atoms with van der Waals surface area (Å²) >= 11 is 3.35. The lowest BCUT2D eigenvalue weighted by Gasteiger charge is -2.19. The van der Waals surface area contributed by atoms with Crippen molar-refractivity contribution in [2.45, 2.75) is 19.6 Å². The first-order valence-corrected chi connectivity index (χ1v) is 12.4. The van der Waals surface area contributed by atoms with Gasteiger partial charge in [0.05, 0.1) is 0 Å². The summed E-state index contributed by atoms with van der Waals surface area (Å²) in [6, 6.07) is 8.44. The van der Waals surface area contributed by atoms with Crippen LogP contribution in [0.25, 0.3) is 0 Å². The maximum absolute atomic E-state index is 5.84. The van der Waals surface area contributed by atoms with E-state index < -0.39 is 8.32 Å². The van der Waals surface area contributed by atoms with Crippen LogP contribution in [0.4, 0.5) is 0 Å². The summed E-state index contributed by atoms with van der Waals surface area (Å²) in [5, 5.41) is 0. The molecule has 0 aliphatic rings. The third-order valence-electron chi connectivity index (χ3n) is 1.50. The van der Waals surface area contributed by atoms with Gasteiger partial charge in [-0.3, -0.25) is 12.9 Å². The molecule has 1 aromatic carbocycles. The maximum atomic E-state index is 5.84. The van der Waals surface area contributed by atoms with Crippen molar-refractivity contribution in [2.24, 2.45) is 0 Å². The molecule has 0 aliphatic carbocycles. The van der Waals surface area contributed by atoms with E-state index in [2.05, 4.69) is 56.8 Å². The van der Waals surface area contributed by atoms with Gasteiger partial charge >= 0.3 is 18.2 Å². The van der Waals surface area contributed by atoms with Gasteiger partial charge in [0.1, 0.15) is 5.75 Å². The highest BCUT2D eigenvalue weighted by atomic mass is 79.9. The Kier molecular flexibility index (Phi) is 4.28. The Bertz CT molecular complexity index is 268. The molecule has 0 aromatic heterocycles. The van der Waals surface area contributed by atoms with Gasteiger partial charge in [0, 0.05) is 0 Å². The van der Waals surface area contributed by atoms with Crippen molar-refractivity contribution in [1.29, 1.82) is 0 Å². The SMILES string of the molecule is C[Si](C)(C)Oc1cc[c]([Mg][Br])cc1. The summed E-state index contributed by atoms with van der Waals surface area (Å²) < 4.78 is 7.26.